The molecule has 0 heterocycles. The van der Waals surface area contributed by atoms with Crippen LogP contribution in [0.5, 0.6) is 5.75 Å². The minimum absolute atomic E-state index is 0.103. The maximum Gasteiger partial charge on any atom is 0.306 e. The lowest BCUT2D eigenvalue weighted by Crippen LogP contribution is -2.18. The molecule has 126 valence electrons. The first kappa shape index (κ1) is 18.8. The van der Waals surface area contributed by atoms with E-state index < -0.39 is 5.82 Å². The minimum Gasteiger partial charge on any atom is -0.494 e. The van der Waals surface area contributed by atoms with Crippen LogP contribution in [0.4, 0.5) is 10.1 Å². The molecule has 5 heteroatoms. The quantitative estimate of drug-likeness (QED) is 0.495. The van der Waals surface area contributed by atoms with E-state index in [0.717, 1.165) is 6.42 Å². The van der Waals surface area contributed by atoms with Gasteiger partial charge in [0.15, 0.2) is 11.6 Å². The van der Waals surface area contributed by atoms with Crippen molar-refractivity contribution in [3.8, 4) is 17.6 Å². The Hall–Kier alpha value is -2.22. The molecule has 0 saturated heterocycles. The first-order valence-corrected chi connectivity index (χ1v) is 7.56. The van der Waals surface area contributed by atoms with E-state index in [4.69, 9.17) is 15.2 Å². The van der Waals surface area contributed by atoms with Gasteiger partial charge in [-0.1, -0.05) is 32.6 Å². The second kappa shape index (κ2) is 8.42. The number of esters is 1. The van der Waals surface area contributed by atoms with E-state index in [1.807, 2.05) is 20.8 Å². The zero-order valence-electron chi connectivity index (χ0n) is 14.2. The number of hydrogen-bond acceptors (Lipinski definition) is 4. The molecule has 1 aromatic carbocycles. The highest BCUT2D eigenvalue weighted by molar-refractivity contribution is 5.70. The van der Waals surface area contributed by atoms with E-state index in [1.165, 1.54) is 19.2 Å². The summed E-state index contributed by atoms with van der Waals surface area (Å²) in [6.07, 6.45) is 1.59. The largest absolute Gasteiger partial charge is 0.494 e. The van der Waals surface area contributed by atoms with Gasteiger partial charge in [0.2, 0.25) is 0 Å². The van der Waals surface area contributed by atoms with E-state index in [9.17, 15) is 9.18 Å². The van der Waals surface area contributed by atoms with Crippen LogP contribution < -0.4 is 10.5 Å². The summed E-state index contributed by atoms with van der Waals surface area (Å²) in [4.78, 5) is 11.7. The summed E-state index contributed by atoms with van der Waals surface area (Å²) < 4.78 is 23.5. The second-order valence-electron chi connectivity index (χ2n) is 6.11. The molecule has 0 radical (unpaired) electrons. The Labute approximate surface area is 137 Å². The van der Waals surface area contributed by atoms with E-state index in [2.05, 4.69) is 11.8 Å². The van der Waals surface area contributed by atoms with Crippen LogP contribution in [0.25, 0.3) is 0 Å². The number of rotatable bonds is 6. The van der Waals surface area contributed by atoms with E-state index in [-0.39, 0.29) is 22.8 Å². The summed E-state index contributed by atoms with van der Waals surface area (Å²) >= 11 is 0. The van der Waals surface area contributed by atoms with Gasteiger partial charge in [-0.05, 0) is 11.8 Å². The monoisotopic (exact) mass is 321 g/mol. The number of nitrogens with two attached hydrogens (primary N) is 1. The maximum atomic E-state index is 13.5. The summed E-state index contributed by atoms with van der Waals surface area (Å²) in [6, 6.07) is 2.66. The smallest absolute Gasteiger partial charge is 0.306 e. The number of methoxy groups -OCH3 is 1. The predicted molar refractivity (Wildman–Crippen MR) is 88.5 cm³/mol. The number of carbonyl (C=O) groups is 1. The van der Waals surface area contributed by atoms with Crippen LogP contribution in [0.15, 0.2) is 12.1 Å². The van der Waals surface area contributed by atoms with Crippen molar-refractivity contribution in [3.63, 3.8) is 0 Å². The average Bonchev–Trinajstić information content (AvgIpc) is 2.46. The molecule has 4 nitrogen and oxygen atoms in total. The van der Waals surface area contributed by atoms with Crippen molar-refractivity contribution in [2.24, 2.45) is 5.41 Å². The van der Waals surface area contributed by atoms with Gasteiger partial charge in [-0.2, -0.15) is 0 Å². The molecular formula is C18H24FNO3. The van der Waals surface area contributed by atoms with Gasteiger partial charge in [-0.3, -0.25) is 4.79 Å². The second-order valence-corrected chi connectivity index (χ2v) is 6.11. The lowest BCUT2D eigenvalue weighted by atomic mass is 9.86. The van der Waals surface area contributed by atoms with Gasteiger partial charge >= 0.3 is 5.97 Å². The number of hydrogen-bond donors (Lipinski definition) is 1. The predicted octanol–water partition coefficient (Wildman–Crippen LogP) is 3.53. The Morgan fingerprint density at radius 1 is 1.39 bits per heavy atom. The molecule has 0 aliphatic carbocycles. The topological polar surface area (TPSA) is 61.5 Å². The highest BCUT2D eigenvalue weighted by atomic mass is 19.1. The molecule has 0 spiro atoms. The molecule has 2 N–H and O–H groups in total. The van der Waals surface area contributed by atoms with Crippen LogP contribution in [0.2, 0.25) is 0 Å². The first-order chi connectivity index (χ1) is 10.8. The zero-order valence-corrected chi connectivity index (χ0v) is 14.2. The van der Waals surface area contributed by atoms with Crippen molar-refractivity contribution < 1.29 is 18.7 Å². The molecule has 0 amide bonds. The normalized spacial score (nSPS) is 10.7. The SMILES string of the molecule is CCCOC(=O)CC(C)(C)CC#Cc1cc(OC)c(F)cc1N. The van der Waals surface area contributed by atoms with Crippen molar-refractivity contribution >= 4 is 11.7 Å². The molecule has 23 heavy (non-hydrogen) atoms. The Bertz CT molecular complexity index is 615. The van der Waals surface area contributed by atoms with Crippen LogP contribution in [-0.2, 0) is 9.53 Å². The lowest BCUT2D eigenvalue weighted by molar-refractivity contribution is -0.145. The standard InChI is InChI=1S/C18H24FNO3/c1-5-9-23-17(21)12-18(2,3)8-6-7-13-10-16(22-4)14(19)11-15(13)20/h10-11H,5,8-9,12,20H2,1-4H3. The molecule has 0 aromatic heterocycles. The highest BCUT2D eigenvalue weighted by Gasteiger charge is 2.22. The van der Waals surface area contributed by atoms with Gasteiger partial charge in [-0.15, -0.1) is 0 Å². The van der Waals surface area contributed by atoms with Gasteiger partial charge in [0.1, 0.15) is 0 Å². The zero-order chi connectivity index (χ0) is 17.5. The molecule has 0 fully saturated rings. The number of nitrogen functional groups attached to an aromatic ring is 1. The summed E-state index contributed by atoms with van der Waals surface area (Å²) in [6.45, 7) is 6.28. The van der Waals surface area contributed by atoms with Gasteiger partial charge in [0, 0.05) is 18.6 Å². The summed E-state index contributed by atoms with van der Waals surface area (Å²) in [7, 11) is 1.39. The third-order valence-electron chi connectivity index (χ3n) is 3.20. The number of ether oxygens (including phenoxy) is 2. The van der Waals surface area contributed by atoms with Crippen LogP contribution in [0.3, 0.4) is 0 Å². The minimum atomic E-state index is -0.519. The molecule has 0 aliphatic heterocycles. The van der Waals surface area contributed by atoms with Crippen molar-refractivity contribution in [1.82, 2.24) is 0 Å². The summed E-state index contributed by atoms with van der Waals surface area (Å²) in [5.74, 6) is 5.28. The number of benzene rings is 1. The summed E-state index contributed by atoms with van der Waals surface area (Å²) in [5, 5.41) is 0. The van der Waals surface area contributed by atoms with Crippen LogP contribution in [0, 0.1) is 23.1 Å². The Kier molecular flexibility index (Phi) is 6.89. The first-order valence-electron chi connectivity index (χ1n) is 7.56. The Morgan fingerprint density at radius 2 is 2.09 bits per heavy atom. The Balaban J connectivity index is 2.74. The number of halogens is 1. The van der Waals surface area contributed by atoms with E-state index in [1.54, 1.807) is 0 Å². The van der Waals surface area contributed by atoms with Gasteiger partial charge in [-0.25, -0.2) is 4.39 Å². The molecule has 0 atom stereocenters. The van der Waals surface area contributed by atoms with Crippen molar-refractivity contribution in [2.45, 2.75) is 40.0 Å². The molecule has 0 bridgehead atoms. The summed E-state index contributed by atoms with van der Waals surface area (Å²) in [5.41, 5.74) is 6.22. The molecule has 0 aliphatic rings. The van der Waals surface area contributed by atoms with Gasteiger partial charge in [0.25, 0.3) is 0 Å². The van der Waals surface area contributed by atoms with Crippen LogP contribution in [-0.4, -0.2) is 19.7 Å². The van der Waals surface area contributed by atoms with Crippen molar-refractivity contribution in [3.05, 3.63) is 23.5 Å². The number of carbonyl (C=O) groups excluding carboxylic acids is 1. The van der Waals surface area contributed by atoms with Crippen LogP contribution in [0.1, 0.15) is 45.6 Å². The highest BCUT2D eigenvalue weighted by Crippen LogP contribution is 2.26. The van der Waals surface area contributed by atoms with Gasteiger partial charge in [0.05, 0.1) is 31.4 Å². The van der Waals surface area contributed by atoms with Crippen LogP contribution >= 0.6 is 0 Å². The molecule has 0 saturated carbocycles. The Morgan fingerprint density at radius 3 is 2.70 bits per heavy atom. The van der Waals surface area contributed by atoms with E-state index >= 15 is 0 Å². The molecule has 0 unspecified atom stereocenters. The van der Waals surface area contributed by atoms with E-state index in [0.29, 0.717) is 25.0 Å². The fourth-order valence-corrected chi connectivity index (χ4v) is 1.93. The molecule has 1 aromatic rings. The fourth-order valence-electron chi connectivity index (χ4n) is 1.93. The number of anilines is 1. The maximum absolute atomic E-state index is 13.5. The third-order valence-corrected chi connectivity index (χ3v) is 3.20. The average molecular weight is 321 g/mol. The van der Waals surface area contributed by atoms with Crippen molar-refractivity contribution in [2.75, 3.05) is 19.5 Å². The molecule has 1 rings (SSSR count). The lowest BCUT2D eigenvalue weighted by Gasteiger charge is -2.20. The molecular weight excluding hydrogens is 297 g/mol. The van der Waals surface area contributed by atoms with Gasteiger partial charge < -0.3 is 15.2 Å². The van der Waals surface area contributed by atoms with Crippen molar-refractivity contribution in [1.29, 1.82) is 0 Å². The fraction of sp³-hybridized carbons (Fsp3) is 0.500. The third kappa shape index (κ3) is 6.19.